The molecule has 0 bridgehead atoms. The van der Waals surface area contributed by atoms with Crippen LogP contribution in [-0.2, 0) is 11.2 Å². The summed E-state index contributed by atoms with van der Waals surface area (Å²) in [5.74, 6) is 0.361. The summed E-state index contributed by atoms with van der Waals surface area (Å²) in [6.07, 6.45) is 4.36. The Labute approximate surface area is 137 Å². The minimum Gasteiger partial charge on any atom is -0.395 e. The maximum Gasteiger partial charge on any atom is 0.265 e. The summed E-state index contributed by atoms with van der Waals surface area (Å²) in [6, 6.07) is 12.3. The van der Waals surface area contributed by atoms with Gasteiger partial charge in [-0.3, -0.25) is 4.79 Å². The molecule has 5 heteroatoms. The number of carbonyl (C=O) groups excluding carboxylic acids is 1. The fourth-order valence-corrected chi connectivity index (χ4v) is 2.84. The monoisotopic (exact) mass is 313 g/mol. The molecule has 0 unspecified atom stereocenters. The Morgan fingerprint density at radius 3 is 2.65 bits per heavy atom. The Balaban J connectivity index is 1.84. The van der Waals surface area contributed by atoms with Gasteiger partial charge in [-0.15, -0.1) is 0 Å². The maximum atomic E-state index is 12.3. The van der Waals surface area contributed by atoms with Gasteiger partial charge in [-0.1, -0.05) is 30.3 Å². The third kappa shape index (κ3) is 5.11. The van der Waals surface area contributed by atoms with Crippen molar-refractivity contribution in [1.29, 1.82) is 5.26 Å². The number of nitrogens with zero attached hydrogens (tertiary/aromatic N) is 2. The van der Waals surface area contributed by atoms with Crippen LogP contribution in [0.2, 0.25) is 0 Å². The molecule has 1 heterocycles. The summed E-state index contributed by atoms with van der Waals surface area (Å²) in [5.41, 5.74) is 1.43. The van der Waals surface area contributed by atoms with Gasteiger partial charge in [-0.2, -0.15) is 5.26 Å². The summed E-state index contributed by atoms with van der Waals surface area (Å²) in [7, 11) is 0. The van der Waals surface area contributed by atoms with Crippen LogP contribution in [0.3, 0.4) is 0 Å². The first kappa shape index (κ1) is 17.0. The Kier molecular flexibility index (Phi) is 6.64. The predicted octanol–water partition coefficient (Wildman–Crippen LogP) is 1.46. The maximum absolute atomic E-state index is 12.3. The van der Waals surface area contributed by atoms with Crippen molar-refractivity contribution >= 4 is 5.91 Å². The van der Waals surface area contributed by atoms with Gasteiger partial charge in [0.25, 0.3) is 5.91 Å². The quantitative estimate of drug-likeness (QED) is 0.473. The minimum absolute atomic E-state index is 0.0335. The van der Waals surface area contributed by atoms with Gasteiger partial charge in [0.1, 0.15) is 11.6 Å². The second-order valence-corrected chi connectivity index (χ2v) is 5.77. The van der Waals surface area contributed by atoms with Crippen molar-refractivity contribution < 1.29 is 9.90 Å². The molecule has 0 spiro atoms. The van der Waals surface area contributed by atoms with Gasteiger partial charge in [-0.25, -0.2) is 0 Å². The fourth-order valence-electron chi connectivity index (χ4n) is 2.84. The van der Waals surface area contributed by atoms with Crippen molar-refractivity contribution in [3.8, 4) is 6.07 Å². The largest absolute Gasteiger partial charge is 0.395 e. The standard InChI is InChI=1S/C18H23N3O2/c19-13-17(14-20-8-11-22)18(23)21-9-6-16(7-10-21)12-15-4-2-1-3-5-15/h1-5,14,16,20,22H,6-12H2/b17-14-. The summed E-state index contributed by atoms with van der Waals surface area (Å²) in [6.45, 7) is 1.68. The molecule has 0 radical (unpaired) electrons. The van der Waals surface area contributed by atoms with Crippen LogP contribution in [0.1, 0.15) is 18.4 Å². The van der Waals surface area contributed by atoms with Crippen molar-refractivity contribution in [2.24, 2.45) is 5.92 Å². The second-order valence-electron chi connectivity index (χ2n) is 5.77. The molecule has 23 heavy (non-hydrogen) atoms. The van der Waals surface area contributed by atoms with Crippen molar-refractivity contribution in [1.82, 2.24) is 10.2 Å². The Morgan fingerprint density at radius 2 is 2.04 bits per heavy atom. The molecule has 1 fully saturated rings. The Morgan fingerprint density at radius 1 is 1.35 bits per heavy atom. The van der Waals surface area contributed by atoms with E-state index in [1.807, 2.05) is 12.1 Å². The van der Waals surface area contributed by atoms with Crippen LogP contribution in [0.15, 0.2) is 42.1 Å². The summed E-state index contributed by atoms with van der Waals surface area (Å²) in [5, 5.41) is 20.6. The molecule has 5 nitrogen and oxygen atoms in total. The smallest absolute Gasteiger partial charge is 0.265 e. The van der Waals surface area contributed by atoms with Gasteiger partial charge in [0.2, 0.25) is 0 Å². The zero-order valence-electron chi connectivity index (χ0n) is 13.2. The number of carbonyl (C=O) groups is 1. The lowest BCUT2D eigenvalue weighted by Crippen LogP contribution is -2.39. The lowest BCUT2D eigenvalue weighted by Gasteiger charge is -2.32. The van der Waals surface area contributed by atoms with Crippen molar-refractivity contribution in [3.63, 3.8) is 0 Å². The molecule has 1 aromatic carbocycles. The third-order valence-electron chi connectivity index (χ3n) is 4.12. The minimum atomic E-state index is -0.226. The van der Waals surface area contributed by atoms with E-state index in [-0.39, 0.29) is 18.1 Å². The molecule has 1 saturated heterocycles. The topological polar surface area (TPSA) is 76.4 Å². The number of nitrogens with one attached hydrogen (secondary N) is 1. The van der Waals surface area contributed by atoms with Gasteiger partial charge in [-0.05, 0) is 30.7 Å². The number of amides is 1. The van der Waals surface area contributed by atoms with Crippen LogP contribution in [0, 0.1) is 17.2 Å². The lowest BCUT2D eigenvalue weighted by molar-refractivity contribution is -0.128. The molecule has 1 amide bonds. The van der Waals surface area contributed by atoms with Crippen molar-refractivity contribution in [2.75, 3.05) is 26.2 Å². The van der Waals surface area contributed by atoms with Crippen molar-refractivity contribution in [3.05, 3.63) is 47.7 Å². The highest BCUT2D eigenvalue weighted by atomic mass is 16.3. The van der Waals surface area contributed by atoms with E-state index in [1.165, 1.54) is 11.8 Å². The third-order valence-corrected chi connectivity index (χ3v) is 4.12. The van der Waals surface area contributed by atoms with E-state index in [0.717, 1.165) is 19.3 Å². The molecule has 2 rings (SSSR count). The second kappa shape index (κ2) is 8.96. The number of nitriles is 1. The molecule has 2 N–H and O–H groups in total. The van der Waals surface area contributed by atoms with Crippen LogP contribution >= 0.6 is 0 Å². The SMILES string of the molecule is N#C/C(=C/NCCO)C(=O)N1CCC(Cc2ccccc2)CC1. The van der Waals surface area contributed by atoms with E-state index in [4.69, 9.17) is 10.4 Å². The van der Waals surface area contributed by atoms with E-state index < -0.39 is 0 Å². The highest BCUT2D eigenvalue weighted by Crippen LogP contribution is 2.22. The number of aliphatic hydroxyl groups is 1. The highest BCUT2D eigenvalue weighted by Gasteiger charge is 2.25. The Bertz CT molecular complexity index is 570. The van der Waals surface area contributed by atoms with E-state index >= 15 is 0 Å². The van der Waals surface area contributed by atoms with Crippen LogP contribution in [0.5, 0.6) is 0 Å². The van der Waals surface area contributed by atoms with E-state index in [2.05, 4.69) is 29.6 Å². The summed E-state index contributed by atoms with van der Waals surface area (Å²) in [4.78, 5) is 14.1. The van der Waals surface area contributed by atoms with Gasteiger partial charge < -0.3 is 15.3 Å². The molecule has 1 aliphatic heterocycles. The van der Waals surface area contributed by atoms with E-state index in [0.29, 0.717) is 25.6 Å². The van der Waals surface area contributed by atoms with Crippen LogP contribution in [0.4, 0.5) is 0 Å². The normalized spacial score (nSPS) is 16.0. The molecule has 1 aromatic rings. The lowest BCUT2D eigenvalue weighted by atomic mass is 9.90. The molecule has 0 atom stereocenters. The summed E-state index contributed by atoms with van der Waals surface area (Å²) < 4.78 is 0. The number of hydrogen-bond acceptors (Lipinski definition) is 4. The number of hydrogen-bond donors (Lipinski definition) is 2. The average Bonchev–Trinajstić information content (AvgIpc) is 2.60. The predicted molar refractivity (Wildman–Crippen MR) is 88.2 cm³/mol. The molecule has 0 aromatic heterocycles. The van der Waals surface area contributed by atoms with Crippen LogP contribution in [-0.4, -0.2) is 42.2 Å². The van der Waals surface area contributed by atoms with Gasteiger partial charge >= 0.3 is 0 Å². The molecular formula is C18H23N3O2. The average molecular weight is 313 g/mol. The number of piperidine rings is 1. The zero-order valence-corrected chi connectivity index (χ0v) is 13.2. The molecule has 0 aliphatic carbocycles. The zero-order chi connectivity index (χ0) is 16.5. The van der Waals surface area contributed by atoms with Gasteiger partial charge in [0.15, 0.2) is 0 Å². The molecule has 1 aliphatic rings. The van der Waals surface area contributed by atoms with Crippen LogP contribution < -0.4 is 5.32 Å². The number of likely N-dealkylation sites (tertiary alicyclic amines) is 1. The van der Waals surface area contributed by atoms with E-state index in [9.17, 15) is 4.79 Å². The fraction of sp³-hybridized carbons (Fsp3) is 0.444. The highest BCUT2D eigenvalue weighted by molar-refractivity contribution is 5.97. The van der Waals surface area contributed by atoms with Crippen molar-refractivity contribution in [2.45, 2.75) is 19.3 Å². The Hall–Kier alpha value is -2.32. The first-order valence-electron chi connectivity index (χ1n) is 8.02. The number of rotatable bonds is 6. The van der Waals surface area contributed by atoms with E-state index in [1.54, 1.807) is 4.90 Å². The molecule has 0 saturated carbocycles. The molecular weight excluding hydrogens is 290 g/mol. The molecule has 122 valence electrons. The summed E-state index contributed by atoms with van der Waals surface area (Å²) >= 11 is 0. The van der Waals surface area contributed by atoms with Crippen LogP contribution in [0.25, 0.3) is 0 Å². The number of benzene rings is 1. The first-order valence-corrected chi connectivity index (χ1v) is 8.02. The number of aliphatic hydroxyl groups excluding tert-OH is 1. The van der Waals surface area contributed by atoms with Gasteiger partial charge in [0.05, 0.1) is 6.61 Å². The first-order chi connectivity index (χ1) is 11.2. The van der Waals surface area contributed by atoms with Gasteiger partial charge in [0, 0.05) is 25.8 Å².